The van der Waals surface area contributed by atoms with Gasteiger partial charge in [0.25, 0.3) is 5.91 Å². The standard InChI is InChI=1S/C23H31FN6O/c1-23(2,3)21-14-20(29(6)27-21)22(31)25-11-12-30-16(15-28(4)5)13-19(26-30)17-9-7-8-10-18(17)24/h7-10,13-14H,11-12,15H2,1-6H3,(H,25,31). The van der Waals surface area contributed by atoms with Gasteiger partial charge in [-0.15, -0.1) is 0 Å². The number of rotatable bonds is 7. The SMILES string of the molecule is CN(C)Cc1cc(-c2ccccc2F)nn1CCNC(=O)c1cc(C(C)(C)C)nn1C. The van der Waals surface area contributed by atoms with Gasteiger partial charge in [0, 0.05) is 31.1 Å². The molecule has 0 atom stereocenters. The maximum absolute atomic E-state index is 14.2. The summed E-state index contributed by atoms with van der Waals surface area (Å²) in [7, 11) is 5.71. The third-order valence-electron chi connectivity index (χ3n) is 4.98. The Morgan fingerprint density at radius 2 is 1.87 bits per heavy atom. The summed E-state index contributed by atoms with van der Waals surface area (Å²) in [6.07, 6.45) is 0. The Labute approximate surface area is 182 Å². The van der Waals surface area contributed by atoms with Crippen molar-refractivity contribution in [3.05, 3.63) is 59.3 Å². The average molecular weight is 427 g/mol. The third kappa shape index (κ3) is 5.38. The fraction of sp³-hybridized carbons (Fsp3) is 0.435. The van der Waals surface area contributed by atoms with Gasteiger partial charge in [0.15, 0.2) is 0 Å². The van der Waals surface area contributed by atoms with Gasteiger partial charge in [-0.3, -0.25) is 14.2 Å². The lowest BCUT2D eigenvalue weighted by molar-refractivity contribution is 0.0942. The smallest absolute Gasteiger partial charge is 0.269 e. The van der Waals surface area contributed by atoms with E-state index in [1.54, 1.807) is 29.9 Å². The lowest BCUT2D eigenvalue weighted by atomic mass is 9.92. The Hall–Kier alpha value is -3.00. The number of halogens is 1. The molecule has 0 aliphatic carbocycles. The van der Waals surface area contributed by atoms with Crippen molar-refractivity contribution in [3.63, 3.8) is 0 Å². The van der Waals surface area contributed by atoms with Gasteiger partial charge < -0.3 is 10.2 Å². The Balaban J connectivity index is 1.73. The van der Waals surface area contributed by atoms with Gasteiger partial charge in [0.1, 0.15) is 11.5 Å². The first-order chi connectivity index (χ1) is 14.6. The normalized spacial score (nSPS) is 11.9. The number of hydrogen-bond acceptors (Lipinski definition) is 4. The predicted octanol–water partition coefficient (Wildman–Crippen LogP) is 3.21. The highest BCUT2D eigenvalue weighted by Gasteiger charge is 2.21. The van der Waals surface area contributed by atoms with Crippen molar-refractivity contribution in [1.29, 1.82) is 0 Å². The molecule has 166 valence electrons. The molecule has 0 radical (unpaired) electrons. The predicted molar refractivity (Wildman–Crippen MR) is 119 cm³/mol. The average Bonchev–Trinajstić information content (AvgIpc) is 3.25. The van der Waals surface area contributed by atoms with E-state index in [9.17, 15) is 9.18 Å². The molecule has 1 amide bonds. The molecule has 3 aromatic rings. The van der Waals surface area contributed by atoms with Crippen LogP contribution in [0.3, 0.4) is 0 Å². The van der Waals surface area contributed by atoms with Crippen molar-refractivity contribution in [2.75, 3.05) is 20.6 Å². The van der Waals surface area contributed by atoms with Crippen LogP contribution in [0.25, 0.3) is 11.3 Å². The molecule has 3 rings (SSSR count). The summed E-state index contributed by atoms with van der Waals surface area (Å²) in [6, 6.07) is 10.3. The summed E-state index contributed by atoms with van der Waals surface area (Å²) < 4.78 is 17.7. The maximum Gasteiger partial charge on any atom is 0.269 e. The molecule has 7 nitrogen and oxygen atoms in total. The quantitative estimate of drug-likeness (QED) is 0.630. The maximum atomic E-state index is 14.2. The van der Waals surface area contributed by atoms with Gasteiger partial charge in [-0.2, -0.15) is 10.2 Å². The van der Waals surface area contributed by atoms with Gasteiger partial charge >= 0.3 is 0 Å². The van der Waals surface area contributed by atoms with Crippen molar-refractivity contribution in [1.82, 2.24) is 29.8 Å². The number of benzene rings is 1. The van der Waals surface area contributed by atoms with E-state index in [0.29, 0.717) is 36.6 Å². The van der Waals surface area contributed by atoms with Crippen LogP contribution in [0.4, 0.5) is 4.39 Å². The van der Waals surface area contributed by atoms with Crippen molar-refractivity contribution in [3.8, 4) is 11.3 Å². The van der Waals surface area contributed by atoms with E-state index < -0.39 is 0 Å². The molecule has 0 aliphatic rings. The second kappa shape index (κ2) is 9.01. The van der Waals surface area contributed by atoms with Crippen LogP contribution in [0.15, 0.2) is 36.4 Å². The van der Waals surface area contributed by atoms with Crippen LogP contribution < -0.4 is 5.32 Å². The van der Waals surface area contributed by atoms with Crippen LogP contribution in [-0.2, 0) is 25.6 Å². The fourth-order valence-corrected chi connectivity index (χ4v) is 3.31. The summed E-state index contributed by atoms with van der Waals surface area (Å²) in [5.74, 6) is -0.483. The molecule has 0 bridgehead atoms. The lowest BCUT2D eigenvalue weighted by Gasteiger charge is -2.13. The van der Waals surface area contributed by atoms with Crippen LogP contribution in [0, 0.1) is 5.82 Å². The number of aromatic nitrogens is 4. The van der Waals surface area contributed by atoms with E-state index in [4.69, 9.17) is 0 Å². The van der Waals surface area contributed by atoms with Gasteiger partial charge in [0.2, 0.25) is 0 Å². The van der Waals surface area contributed by atoms with E-state index >= 15 is 0 Å². The van der Waals surface area contributed by atoms with E-state index in [2.05, 4.69) is 36.3 Å². The lowest BCUT2D eigenvalue weighted by Crippen LogP contribution is -2.29. The van der Waals surface area contributed by atoms with Gasteiger partial charge in [0.05, 0.1) is 23.6 Å². The zero-order valence-electron chi connectivity index (χ0n) is 19.1. The van der Waals surface area contributed by atoms with Crippen molar-refractivity contribution in [2.45, 2.75) is 39.3 Å². The number of aryl methyl sites for hydroxylation is 1. The van der Waals surface area contributed by atoms with Crippen LogP contribution >= 0.6 is 0 Å². The summed E-state index contributed by atoms with van der Waals surface area (Å²) in [6.45, 7) is 7.73. The van der Waals surface area contributed by atoms with Crippen molar-refractivity contribution >= 4 is 5.91 Å². The highest BCUT2D eigenvalue weighted by atomic mass is 19.1. The minimum absolute atomic E-state index is 0.129. The molecular formula is C23H31FN6O. The first-order valence-electron chi connectivity index (χ1n) is 10.4. The summed E-state index contributed by atoms with van der Waals surface area (Å²) >= 11 is 0. The topological polar surface area (TPSA) is 68.0 Å². The van der Waals surface area contributed by atoms with Crippen LogP contribution in [0.2, 0.25) is 0 Å². The number of nitrogens with one attached hydrogen (secondary N) is 1. The van der Waals surface area contributed by atoms with Crippen LogP contribution in [-0.4, -0.2) is 51.0 Å². The van der Waals surface area contributed by atoms with Crippen molar-refractivity contribution in [2.24, 2.45) is 7.05 Å². The minimum Gasteiger partial charge on any atom is -0.349 e. The molecule has 0 saturated heterocycles. The number of nitrogens with zero attached hydrogens (tertiary/aromatic N) is 5. The monoisotopic (exact) mass is 426 g/mol. The zero-order valence-corrected chi connectivity index (χ0v) is 19.1. The molecule has 0 aliphatic heterocycles. The molecule has 8 heteroatoms. The molecular weight excluding hydrogens is 395 g/mol. The van der Waals surface area contributed by atoms with E-state index in [1.807, 2.05) is 35.8 Å². The Morgan fingerprint density at radius 1 is 1.16 bits per heavy atom. The first kappa shape index (κ1) is 22.7. The van der Waals surface area contributed by atoms with Gasteiger partial charge in [-0.05, 0) is 38.4 Å². The number of hydrogen-bond donors (Lipinski definition) is 1. The zero-order chi connectivity index (χ0) is 22.8. The van der Waals surface area contributed by atoms with Crippen molar-refractivity contribution < 1.29 is 9.18 Å². The van der Waals surface area contributed by atoms with Crippen LogP contribution in [0.1, 0.15) is 42.6 Å². The van der Waals surface area contributed by atoms with Gasteiger partial charge in [-0.1, -0.05) is 32.9 Å². The second-order valence-electron chi connectivity index (χ2n) is 9.01. The Morgan fingerprint density at radius 3 is 2.48 bits per heavy atom. The number of amides is 1. The summed E-state index contributed by atoms with van der Waals surface area (Å²) in [4.78, 5) is 14.7. The Kier molecular flexibility index (Phi) is 6.59. The summed E-state index contributed by atoms with van der Waals surface area (Å²) in [5, 5.41) is 12.0. The highest BCUT2D eigenvalue weighted by molar-refractivity contribution is 5.92. The summed E-state index contributed by atoms with van der Waals surface area (Å²) in [5.41, 5.74) is 3.27. The molecule has 2 aromatic heterocycles. The van der Waals surface area contributed by atoms with E-state index in [-0.39, 0.29) is 17.1 Å². The molecule has 31 heavy (non-hydrogen) atoms. The largest absolute Gasteiger partial charge is 0.349 e. The second-order valence-corrected chi connectivity index (χ2v) is 9.01. The molecule has 0 unspecified atom stereocenters. The first-order valence-corrected chi connectivity index (χ1v) is 10.4. The van der Waals surface area contributed by atoms with E-state index in [1.165, 1.54) is 6.07 Å². The number of carbonyl (C=O) groups excluding carboxylic acids is 1. The van der Waals surface area contributed by atoms with E-state index in [0.717, 1.165) is 11.4 Å². The highest BCUT2D eigenvalue weighted by Crippen LogP contribution is 2.23. The van der Waals surface area contributed by atoms with Crippen LogP contribution in [0.5, 0.6) is 0 Å². The number of carbonyl (C=O) groups is 1. The fourth-order valence-electron chi connectivity index (χ4n) is 3.31. The van der Waals surface area contributed by atoms with Gasteiger partial charge in [-0.25, -0.2) is 4.39 Å². The molecule has 0 saturated carbocycles. The minimum atomic E-state index is -0.303. The molecule has 2 heterocycles. The molecule has 0 spiro atoms. The third-order valence-corrected chi connectivity index (χ3v) is 4.98. The molecule has 1 aromatic carbocycles. The Bertz CT molecular complexity index is 1060. The molecule has 0 fully saturated rings. The molecule has 1 N–H and O–H groups in total.